The number of primary amides is 1. The molecule has 0 unspecified atom stereocenters. The summed E-state index contributed by atoms with van der Waals surface area (Å²) in [6.45, 7) is 0. The van der Waals surface area contributed by atoms with Crippen LogP contribution in [-0.2, 0) is 10.3 Å². The number of amides is 2. The van der Waals surface area contributed by atoms with Crippen molar-refractivity contribution in [1.82, 2.24) is 4.72 Å². The number of nitrogens with two attached hydrogens (primary N) is 1. The third-order valence-corrected chi connectivity index (χ3v) is 0.689. The largest absolute Gasteiger partial charge is 0.361 e. The molecule has 0 aromatic rings. The predicted molar refractivity (Wildman–Crippen MR) is 34.6 cm³/mol. The fourth-order valence-corrected chi connectivity index (χ4v) is 0.381. The summed E-state index contributed by atoms with van der Waals surface area (Å²) < 4.78 is 28.0. The van der Waals surface area contributed by atoms with Crippen molar-refractivity contribution in [2.45, 2.75) is 0 Å². The number of carbonyl (C=O) groups is 1. The number of hydrogen-bond donors (Lipinski definition) is 3. The molecular weight excluding hydrogens is 168 g/mol. The van der Waals surface area contributed by atoms with Crippen LogP contribution in [0.3, 0.4) is 0 Å². The zero-order chi connectivity index (χ0) is 6.78. The molecule has 0 aromatic carbocycles. The van der Waals surface area contributed by atoms with Crippen molar-refractivity contribution in [3.8, 4) is 0 Å². The van der Waals surface area contributed by atoms with Crippen LogP contribution in [-0.4, -0.2) is 19.0 Å². The summed E-state index contributed by atoms with van der Waals surface area (Å²) >= 11 is 0. The summed E-state index contributed by atoms with van der Waals surface area (Å²) in [4.78, 5) is 9.59. The molecule has 0 aliphatic heterocycles. The standard InChI is InChI=1S/CH4N2O4S.H2S/c2-1(4)3-8(5,6)7;/h(H3,2,3,4)(H,5,6,7);1H2. The maximum Gasteiger partial charge on any atom is 0.361 e. The second kappa shape index (κ2) is 3.54. The SMILES string of the molecule is NC(=O)NS(=O)(=O)O.S. The van der Waals surface area contributed by atoms with E-state index in [4.69, 9.17) is 4.55 Å². The highest BCUT2D eigenvalue weighted by Crippen LogP contribution is 1.67. The van der Waals surface area contributed by atoms with E-state index in [-0.39, 0.29) is 13.5 Å². The van der Waals surface area contributed by atoms with E-state index in [2.05, 4.69) is 5.73 Å². The second-order valence-electron chi connectivity index (χ2n) is 0.941. The molecule has 0 spiro atoms. The van der Waals surface area contributed by atoms with Crippen LogP contribution in [0, 0.1) is 0 Å². The molecule has 0 atom stereocenters. The first-order chi connectivity index (χ1) is 3.42. The molecule has 4 N–H and O–H groups in total. The smallest absolute Gasteiger partial charge is 0.351 e. The van der Waals surface area contributed by atoms with E-state index in [0.29, 0.717) is 0 Å². The topological polar surface area (TPSA) is 109 Å². The molecule has 0 radical (unpaired) electrons. The van der Waals surface area contributed by atoms with E-state index in [1.54, 1.807) is 0 Å². The third-order valence-electron chi connectivity index (χ3n) is 0.230. The number of hydrogen-bond acceptors (Lipinski definition) is 3. The van der Waals surface area contributed by atoms with E-state index in [1.807, 2.05) is 0 Å². The van der Waals surface area contributed by atoms with Gasteiger partial charge in [0.1, 0.15) is 0 Å². The van der Waals surface area contributed by atoms with Gasteiger partial charge >= 0.3 is 16.3 Å². The fourth-order valence-electron chi connectivity index (χ4n) is 0.127. The number of rotatable bonds is 1. The maximum atomic E-state index is 9.59. The van der Waals surface area contributed by atoms with E-state index < -0.39 is 16.3 Å². The number of urea groups is 1. The molecule has 0 aliphatic carbocycles. The molecule has 6 nitrogen and oxygen atoms in total. The summed E-state index contributed by atoms with van der Waals surface area (Å²) in [7, 11) is -4.45. The van der Waals surface area contributed by atoms with Crippen LogP contribution >= 0.6 is 13.5 Å². The fraction of sp³-hybridized carbons (Fsp3) is 0. The molecule has 9 heavy (non-hydrogen) atoms. The van der Waals surface area contributed by atoms with Gasteiger partial charge in [0.2, 0.25) is 0 Å². The molecule has 2 amide bonds. The van der Waals surface area contributed by atoms with Crippen molar-refractivity contribution >= 4 is 29.8 Å². The van der Waals surface area contributed by atoms with Crippen LogP contribution in [0.25, 0.3) is 0 Å². The van der Waals surface area contributed by atoms with Crippen LogP contribution in [0.5, 0.6) is 0 Å². The Morgan fingerprint density at radius 3 is 1.89 bits per heavy atom. The van der Waals surface area contributed by atoms with Gasteiger partial charge in [0, 0.05) is 0 Å². The molecule has 0 aliphatic rings. The minimum Gasteiger partial charge on any atom is -0.351 e. The van der Waals surface area contributed by atoms with Gasteiger partial charge in [-0.2, -0.15) is 21.9 Å². The molecule has 0 fully saturated rings. The van der Waals surface area contributed by atoms with Gasteiger partial charge in [-0.15, -0.1) is 0 Å². The number of carbonyl (C=O) groups excluding carboxylic acids is 1. The summed E-state index contributed by atoms with van der Waals surface area (Å²) in [6, 6.07) is -1.31. The highest BCUT2D eigenvalue weighted by Gasteiger charge is 2.03. The quantitative estimate of drug-likeness (QED) is 0.423. The monoisotopic (exact) mass is 174 g/mol. The highest BCUT2D eigenvalue weighted by atomic mass is 32.2. The first-order valence-corrected chi connectivity index (χ1v) is 2.90. The lowest BCUT2D eigenvalue weighted by Crippen LogP contribution is -2.34. The van der Waals surface area contributed by atoms with E-state index in [1.165, 1.54) is 0 Å². The van der Waals surface area contributed by atoms with Crippen LogP contribution in [0.1, 0.15) is 0 Å². The van der Waals surface area contributed by atoms with Crippen molar-refractivity contribution in [3.05, 3.63) is 0 Å². The molecule has 0 saturated carbocycles. The molecule has 0 heterocycles. The Balaban J connectivity index is 0. The Bertz CT molecular complexity index is 183. The maximum absolute atomic E-state index is 9.59. The summed E-state index contributed by atoms with van der Waals surface area (Å²) in [5, 5.41) is 0. The zero-order valence-electron chi connectivity index (χ0n) is 4.16. The van der Waals surface area contributed by atoms with Crippen molar-refractivity contribution in [2.24, 2.45) is 5.73 Å². The van der Waals surface area contributed by atoms with Crippen LogP contribution in [0.4, 0.5) is 4.79 Å². The molecule has 0 aromatic heterocycles. The summed E-state index contributed by atoms with van der Waals surface area (Å²) in [6.07, 6.45) is 0. The lowest BCUT2D eigenvalue weighted by molar-refractivity contribution is 0.252. The van der Waals surface area contributed by atoms with Crippen LogP contribution in [0.2, 0.25) is 0 Å². The van der Waals surface area contributed by atoms with E-state index in [0.717, 1.165) is 4.72 Å². The van der Waals surface area contributed by atoms with Crippen molar-refractivity contribution in [3.63, 3.8) is 0 Å². The highest BCUT2D eigenvalue weighted by molar-refractivity contribution is 7.84. The second-order valence-corrected chi connectivity index (χ2v) is 2.10. The normalized spacial score (nSPS) is 9.44. The predicted octanol–water partition coefficient (Wildman–Crippen LogP) is -1.43. The Morgan fingerprint density at radius 2 is 1.89 bits per heavy atom. The number of nitrogens with one attached hydrogen (secondary N) is 1. The minimum absolute atomic E-state index is 0. The van der Waals surface area contributed by atoms with E-state index in [9.17, 15) is 13.2 Å². The average molecular weight is 174 g/mol. The summed E-state index contributed by atoms with van der Waals surface area (Å²) in [5.41, 5.74) is 4.29. The van der Waals surface area contributed by atoms with Gasteiger partial charge in [-0.05, 0) is 0 Å². The minimum atomic E-state index is -4.45. The Kier molecular flexibility index (Phi) is 4.46. The molecule has 0 saturated heterocycles. The van der Waals surface area contributed by atoms with Crippen molar-refractivity contribution in [2.75, 3.05) is 0 Å². The van der Waals surface area contributed by atoms with Crippen LogP contribution in [0.15, 0.2) is 0 Å². The van der Waals surface area contributed by atoms with E-state index >= 15 is 0 Å². The third kappa shape index (κ3) is 11.2. The lowest BCUT2D eigenvalue weighted by Gasteiger charge is -1.91. The van der Waals surface area contributed by atoms with Gasteiger partial charge in [0.05, 0.1) is 0 Å². The van der Waals surface area contributed by atoms with Crippen molar-refractivity contribution in [1.29, 1.82) is 0 Å². The van der Waals surface area contributed by atoms with Crippen molar-refractivity contribution < 1.29 is 17.8 Å². The van der Waals surface area contributed by atoms with Gasteiger partial charge in [-0.1, -0.05) is 0 Å². The van der Waals surface area contributed by atoms with Gasteiger partial charge < -0.3 is 5.73 Å². The molecular formula is CH6N2O4S2. The Morgan fingerprint density at radius 1 is 1.56 bits per heavy atom. The Labute approximate surface area is 58.7 Å². The van der Waals surface area contributed by atoms with Gasteiger partial charge in [-0.3, -0.25) is 4.55 Å². The van der Waals surface area contributed by atoms with Gasteiger partial charge in [0.25, 0.3) is 0 Å². The summed E-state index contributed by atoms with van der Waals surface area (Å²) in [5.74, 6) is 0. The first-order valence-electron chi connectivity index (χ1n) is 1.46. The van der Waals surface area contributed by atoms with Crippen LogP contribution < -0.4 is 10.5 Å². The first kappa shape index (κ1) is 11.3. The lowest BCUT2D eigenvalue weighted by atomic mass is 11.2. The molecule has 0 rings (SSSR count). The molecule has 56 valence electrons. The molecule has 8 heteroatoms. The Hall–Kier alpha value is -0.470. The zero-order valence-corrected chi connectivity index (χ0v) is 5.97. The molecule has 0 bridgehead atoms. The average Bonchev–Trinajstić information content (AvgIpc) is 1.21. The van der Waals surface area contributed by atoms with Gasteiger partial charge in [0.15, 0.2) is 0 Å². The van der Waals surface area contributed by atoms with Gasteiger partial charge in [-0.25, -0.2) is 9.52 Å².